The van der Waals surface area contributed by atoms with E-state index < -0.39 is 8.07 Å². The average molecular weight is 743 g/mol. The van der Waals surface area contributed by atoms with Gasteiger partial charge in [0.2, 0.25) is 0 Å². The summed E-state index contributed by atoms with van der Waals surface area (Å²) in [6.07, 6.45) is 0. The van der Waals surface area contributed by atoms with Crippen LogP contribution in [-0.4, -0.2) is 17.2 Å². The van der Waals surface area contributed by atoms with Crippen molar-refractivity contribution in [3.63, 3.8) is 0 Å². The third kappa shape index (κ3) is 5.03. The maximum Gasteiger partial charge on any atom is 0.181 e. The number of para-hydroxylation sites is 4. The normalized spacial score (nSPS) is 11.9. The molecule has 0 bridgehead atoms. The highest BCUT2D eigenvalue weighted by Crippen LogP contribution is 2.42. The van der Waals surface area contributed by atoms with Gasteiger partial charge in [0.25, 0.3) is 0 Å². The summed E-state index contributed by atoms with van der Waals surface area (Å²) in [5.74, 6) is 0. The summed E-state index contributed by atoms with van der Waals surface area (Å²) in [5.41, 5.74) is 9.56. The highest BCUT2D eigenvalue weighted by molar-refractivity contribution is 7.20. The van der Waals surface area contributed by atoms with Crippen molar-refractivity contribution in [1.82, 2.24) is 9.13 Å². The average Bonchev–Trinajstić information content (AvgIpc) is 3.82. The first kappa shape index (κ1) is 33.2. The molecule has 11 rings (SSSR count). The molecule has 2 aromatic heterocycles. The topological polar surface area (TPSA) is 9.86 Å². The molecule has 0 radical (unpaired) electrons. The van der Waals surface area contributed by atoms with Crippen LogP contribution in [0, 0.1) is 0 Å². The van der Waals surface area contributed by atoms with Crippen LogP contribution in [0.5, 0.6) is 0 Å². The van der Waals surface area contributed by atoms with Crippen LogP contribution in [0.4, 0.5) is 0 Å². The number of hydrogen-bond acceptors (Lipinski definition) is 0. The van der Waals surface area contributed by atoms with E-state index in [2.05, 4.69) is 240 Å². The largest absolute Gasteiger partial charge is 0.307 e. The molecule has 3 heteroatoms. The summed E-state index contributed by atoms with van der Waals surface area (Å²) in [4.78, 5) is 0. The molecule has 0 aliphatic carbocycles. The Bertz CT molecular complexity index is 3110. The van der Waals surface area contributed by atoms with Crippen molar-refractivity contribution in [1.29, 1.82) is 0 Å². The van der Waals surface area contributed by atoms with Gasteiger partial charge in [-0.05, 0) is 62.2 Å². The lowest BCUT2D eigenvalue weighted by Gasteiger charge is -2.35. The fraction of sp³-hybridized carbons (Fsp3) is 0. The summed E-state index contributed by atoms with van der Waals surface area (Å²) in [6, 6.07) is 85.3. The predicted octanol–water partition coefficient (Wildman–Crippen LogP) is 10.9. The van der Waals surface area contributed by atoms with E-state index in [1.54, 1.807) is 0 Å². The Morgan fingerprint density at radius 3 is 1.39 bits per heavy atom. The van der Waals surface area contributed by atoms with Gasteiger partial charge in [-0.1, -0.05) is 200 Å². The zero-order valence-corrected chi connectivity index (χ0v) is 32.3. The molecule has 0 spiro atoms. The second kappa shape index (κ2) is 13.5. The molecule has 0 unspecified atom stereocenters. The Morgan fingerprint density at radius 1 is 0.316 bits per heavy atom. The van der Waals surface area contributed by atoms with Crippen LogP contribution in [0.1, 0.15) is 0 Å². The van der Waals surface area contributed by atoms with Gasteiger partial charge in [-0.15, -0.1) is 0 Å². The summed E-state index contributed by atoms with van der Waals surface area (Å²) in [7, 11) is -3.02. The fourth-order valence-electron chi connectivity index (χ4n) is 9.56. The molecule has 9 aromatic carbocycles. The van der Waals surface area contributed by atoms with Gasteiger partial charge in [0.05, 0.1) is 27.8 Å². The van der Waals surface area contributed by atoms with E-state index in [0.717, 1.165) is 11.4 Å². The molecule has 11 aromatic rings. The molecule has 2 nitrogen and oxygen atoms in total. The maximum atomic E-state index is 2.61. The highest BCUT2D eigenvalue weighted by Gasteiger charge is 2.44. The van der Waals surface area contributed by atoms with Crippen LogP contribution in [-0.2, 0) is 0 Å². The molecule has 57 heavy (non-hydrogen) atoms. The maximum absolute atomic E-state index is 3.02. The standard InChI is InChI=1S/C54H38N2Si/c1-6-21-39(22-7-1)44-37-38-51(57(41-25-10-3-11-26-41,42-27-12-4-13-28-42)43-29-14-5-15-30-43)54-52(44)47-32-17-19-35-49(47)56(54)50-36-20-33-46-45-31-16-18-34-48(45)55(53(46)50)40-23-8-2-9-24-40/h1-38H. The van der Waals surface area contributed by atoms with Gasteiger partial charge in [0.15, 0.2) is 8.07 Å². The Balaban J connectivity index is 1.41. The molecular formula is C54H38N2Si. The Kier molecular flexibility index (Phi) is 7.87. The second-order valence-electron chi connectivity index (χ2n) is 14.8. The van der Waals surface area contributed by atoms with Crippen LogP contribution in [0.3, 0.4) is 0 Å². The van der Waals surface area contributed by atoms with Gasteiger partial charge >= 0.3 is 0 Å². The Labute approximate surface area is 333 Å². The molecule has 0 N–H and O–H groups in total. The molecule has 0 aliphatic heterocycles. The molecule has 2 heterocycles. The Hall–Kier alpha value is -7.20. The first-order valence-corrected chi connectivity index (χ1v) is 21.7. The molecule has 0 atom stereocenters. The van der Waals surface area contributed by atoms with Crippen LogP contribution in [0.15, 0.2) is 231 Å². The van der Waals surface area contributed by atoms with Crippen LogP contribution in [0.2, 0.25) is 0 Å². The van der Waals surface area contributed by atoms with Crippen molar-refractivity contribution in [2.24, 2.45) is 0 Å². The fourth-order valence-corrected chi connectivity index (χ4v) is 14.5. The van der Waals surface area contributed by atoms with E-state index in [1.807, 2.05) is 0 Å². The first-order chi connectivity index (χ1) is 28.3. The number of hydrogen-bond donors (Lipinski definition) is 0. The van der Waals surface area contributed by atoms with Gasteiger partial charge in [-0.3, -0.25) is 0 Å². The van der Waals surface area contributed by atoms with Crippen molar-refractivity contribution in [3.8, 4) is 22.5 Å². The van der Waals surface area contributed by atoms with E-state index in [0.29, 0.717) is 0 Å². The SMILES string of the molecule is c1ccc(-c2ccc([Si](c3ccccc3)(c3ccccc3)c3ccccc3)c3c2c2ccccc2n3-c2cccc3c4ccccc4n(-c4ccccc4)c23)cc1. The lowest BCUT2D eigenvalue weighted by Crippen LogP contribution is -2.75. The third-order valence-electron chi connectivity index (χ3n) is 11.9. The van der Waals surface area contributed by atoms with Crippen molar-refractivity contribution in [3.05, 3.63) is 231 Å². The summed E-state index contributed by atoms with van der Waals surface area (Å²) >= 11 is 0. The van der Waals surface area contributed by atoms with Crippen molar-refractivity contribution < 1.29 is 0 Å². The molecule has 268 valence electrons. The van der Waals surface area contributed by atoms with E-state index in [9.17, 15) is 0 Å². The third-order valence-corrected chi connectivity index (χ3v) is 16.7. The summed E-state index contributed by atoms with van der Waals surface area (Å²) < 4.78 is 5.08. The Morgan fingerprint density at radius 2 is 0.789 bits per heavy atom. The minimum Gasteiger partial charge on any atom is -0.307 e. The number of benzene rings is 9. The van der Waals surface area contributed by atoms with Crippen LogP contribution >= 0.6 is 0 Å². The lowest BCUT2D eigenvalue weighted by molar-refractivity contribution is 1.13. The predicted molar refractivity (Wildman–Crippen MR) is 244 cm³/mol. The zero-order chi connectivity index (χ0) is 37.8. The highest BCUT2D eigenvalue weighted by atomic mass is 28.3. The number of nitrogens with zero attached hydrogens (tertiary/aromatic N) is 2. The van der Waals surface area contributed by atoms with E-state index >= 15 is 0 Å². The molecule has 0 fully saturated rings. The van der Waals surface area contributed by atoms with Gasteiger partial charge in [-0.25, -0.2) is 0 Å². The van der Waals surface area contributed by atoms with Gasteiger partial charge in [0, 0.05) is 27.2 Å². The molecule has 0 amide bonds. The van der Waals surface area contributed by atoms with Crippen molar-refractivity contribution in [2.45, 2.75) is 0 Å². The van der Waals surface area contributed by atoms with Crippen LogP contribution in [0.25, 0.3) is 66.1 Å². The van der Waals surface area contributed by atoms with Gasteiger partial charge < -0.3 is 9.13 Å². The molecule has 0 saturated heterocycles. The second-order valence-corrected chi connectivity index (χ2v) is 18.6. The smallest absolute Gasteiger partial charge is 0.181 e. The number of aromatic nitrogens is 2. The minimum atomic E-state index is -3.02. The minimum absolute atomic E-state index is 1.14. The van der Waals surface area contributed by atoms with Crippen LogP contribution < -0.4 is 20.7 Å². The summed E-state index contributed by atoms with van der Waals surface area (Å²) in [5, 5.41) is 10.4. The first-order valence-electron chi connectivity index (χ1n) is 19.7. The lowest BCUT2D eigenvalue weighted by atomic mass is 9.99. The van der Waals surface area contributed by atoms with E-state index in [-0.39, 0.29) is 0 Å². The van der Waals surface area contributed by atoms with Crippen molar-refractivity contribution in [2.75, 3.05) is 0 Å². The van der Waals surface area contributed by atoms with Gasteiger partial charge in [0.1, 0.15) is 0 Å². The number of rotatable bonds is 7. The summed E-state index contributed by atoms with van der Waals surface area (Å²) in [6.45, 7) is 0. The molecular weight excluding hydrogens is 705 g/mol. The quantitative estimate of drug-likeness (QED) is 0.114. The monoisotopic (exact) mass is 742 g/mol. The van der Waals surface area contributed by atoms with E-state index in [1.165, 1.54) is 75.5 Å². The molecule has 0 aliphatic rings. The molecule has 0 saturated carbocycles. The zero-order valence-electron chi connectivity index (χ0n) is 31.3. The van der Waals surface area contributed by atoms with E-state index in [4.69, 9.17) is 0 Å². The number of fused-ring (bicyclic) bond motifs is 6. The van der Waals surface area contributed by atoms with Crippen molar-refractivity contribution >= 4 is 72.4 Å². The van der Waals surface area contributed by atoms with Gasteiger partial charge in [-0.2, -0.15) is 0 Å².